The maximum absolute atomic E-state index is 12.7. The van der Waals surface area contributed by atoms with Crippen LogP contribution < -0.4 is 5.32 Å². The highest BCUT2D eigenvalue weighted by Crippen LogP contribution is 2.21. The Kier molecular flexibility index (Phi) is 5.25. The molecule has 0 atom stereocenters. The molecule has 1 aromatic heterocycles. The number of hydrogen-bond donors (Lipinski definition) is 1. The van der Waals surface area contributed by atoms with Gasteiger partial charge in [-0.3, -0.25) is 9.48 Å². The Labute approximate surface area is 159 Å². The van der Waals surface area contributed by atoms with Crippen LogP contribution in [0, 0.1) is 13.8 Å². The molecule has 0 aliphatic carbocycles. The van der Waals surface area contributed by atoms with E-state index in [-0.39, 0.29) is 5.91 Å². The van der Waals surface area contributed by atoms with E-state index in [4.69, 9.17) is 11.6 Å². The molecule has 0 saturated heterocycles. The van der Waals surface area contributed by atoms with Crippen LogP contribution in [0.25, 0.3) is 0 Å². The number of amides is 1. The van der Waals surface area contributed by atoms with Gasteiger partial charge in [-0.2, -0.15) is 5.10 Å². The SMILES string of the molecule is Cc1nn(Cc2ccccc2Cl)c(C)c1C(=O)Nc1ccc(Br)cc1. The first-order chi connectivity index (χ1) is 12.0. The number of anilines is 1. The van der Waals surface area contributed by atoms with Gasteiger partial charge in [0, 0.05) is 20.9 Å². The number of halogens is 2. The van der Waals surface area contributed by atoms with E-state index in [1.54, 1.807) is 0 Å². The number of carbonyl (C=O) groups is 1. The predicted octanol–water partition coefficient (Wildman–Crippen LogP) is 5.22. The molecular weight excluding hydrogens is 402 g/mol. The molecule has 3 rings (SSSR count). The molecule has 0 aliphatic rings. The van der Waals surface area contributed by atoms with Crippen molar-refractivity contribution in [2.24, 2.45) is 0 Å². The first-order valence-electron chi connectivity index (χ1n) is 7.80. The number of aromatic nitrogens is 2. The highest BCUT2D eigenvalue weighted by atomic mass is 79.9. The summed E-state index contributed by atoms with van der Waals surface area (Å²) in [6.07, 6.45) is 0. The molecule has 0 saturated carbocycles. The van der Waals surface area contributed by atoms with Crippen molar-refractivity contribution in [2.45, 2.75) is 20.4 Å². The number of rotatable bonds is 4. The van der Waals surface area contributed by atoms with Crippen LogP contribution >= 0.6 is 27.5 Å². The Morgan fingerprint density at radius 2 is 1.84 bits per heavy atom. The highest BCUT2D eigenvalue weighted by molar-refractivity contribution is 9.10. The normalized spacial score (nSPS) is 10.7. The highest BCUT2D eigenvalue weighted by Gasteiger charge is 2.19. The Morgan fingerprint density at radius 3 is 2.52 bits per heavy atom. The molecule has 0 fully saturated rings. The van der Waals surface area contributed by atoms with Crippen molar-refractivity contribution in [3.63, 3.8) is 0 Å². The monoisotopic (exact) mass is 417 g/mol. The minimum absolute atomic E-state index is 0.164. The molecule has 0 bridgehead atoms. The third-order valence-electron chi connectivity index (χ3n) is 3.99. The van der Waals surface area contributed by atoms with Crippen molar-refractivity contribution in [1.82, 2.24) is 9.78 Å². The molecule has 4 nitrogen and oxygen atoms in total. The van der Waals surface area contributed by atoms with Gasteiger partial charge in [-0.1, -0.05) is 45.7 Å². The molecule has 2 aromatic carbocycles. The number of hydrogen-bond acceptors (Lipinski definition) is 2. The van der Waals surface area contributed by atoms with Crippen molar-refractivity contribution in [3.05, 3.63) is 80.5 Å². The third kappa shape index (κ3) is 3.94. The van der Waals surface area contributed by atoms with Gasteiger partial charge in [0.25, 0.3) is 5.91 Å². The van der Waals surface area contributed by atoms with Crippen LogP contribution in [0.4, 0.5) is 5.69 Å². The molecular formula is C19H17BrClN3O. The van der Waals surface area contributed by atoms with Gasteiger partial charge in [0.1, 0.15) is 0 Å². The molecule has 6 heteroatoms. The zero-order valence-corrected chi connectivity index (χ0v) is 16.2. The lowest BCUT2D eigenvalue weighted by atomic mass is 10.1. The van der Waals surface area contributed by atoms with Crippen molar-refractivity contribution < 1.29 is 4.79 Å². The third-order valence-corrected chi connectivity index (χ3v) is 4.89. The smallest absolute Gasteiger partial charge is 0.259 e. The first kappa shape index (κ1) is 17.7. The standard InChI is InChI=1S/C19H17BrClN3O/c1-12-18(19(25)22-16-9-7-15(20)8-10-16)13(2)24(23-12)11-14-5-3-4-6-17(14)21/h3-10H,11H2,1-2H3,(H,22,25). The molecule has 1 N–H and O–H groups in total. The predicted molar refractivity (Wildman–Crippen MR) is 104 cm³/mol. The summed E-state index contributed by atoms with van der Waals surface area (Å²) in [7, 11) is 0. The second-order valence-corrected chi connectivity index (χ2v) is 7.08. The van der Waals surface area contributed by atoms with Crippen LogP contribution in [0.3, 0.4) is 0 Å². The Balaban J connectivity index is 1.85. The van der Waals surface area contributed by atoms with E-state index < -0.39 is 0 Å². The zero-order valence-electron chi connectivity index (χ0n) is 13.9. The van der Waals surface area contributed by atoms with Crippen molar-refractivity contribution in [2.75, 3.05) is 5.32 Å². The fourth-order valence-corrected chi connectivity index (χ4v) is 3.15. The fourth-order valence-electron chi connectivity index (χ4n) is 2.69. The number of nitrogens with zero attached hydrogens (tertiary/aromatic N) is 2. The maximum atomic E-state index is 12.7. The van der Waals surface area contributed by atoms with E-state index >= 15 is 0 Å². The summed E-state index contributed by atoms with van der Waals surface area (Å²) in [4.78, 5) is 12.7. The average molecular weight is 419 g/mol. The van der Waals surface area contributed by atoms with Crippen LogP contribution in [-0.2, 0) is 6.54 Å². The summed E-state index contributed by atoms with van der Waals surface area (Å²) in [5.74, 6) is -0.164. The van der Waals surface area contributed by atoms with Crippen LogP contribution in [0.2, 0.25) is 5.02 Å². The van der Waals surface area contributed by atoms with Crippen molar-refractivity contribution in [3.8, 4) is 0 Å². The molecule has 128 valence electrons. The Hall–Kier alpha value is -2.11. The lowest BCUT2D eigenvalue weighted by molar-refractivity contribution is 0.102. The van der Waals surface area contributed by atoms with E-state index in [1.807, 2.05) is 67.1 Å². The Morgan fingerprint density at radius 1 is 1.16 bits per heavy atom. The van der Waals surface area contributed by atoms with Crippen molar-refractivity contribution in [1.29, 1.82) is 0 Å². The number of nitrogens with one attached hydrogen (secondary N) is 1. The van der Waals surface area contributed by atoms with E-state index in [2.05, 4.69) is 26.3 Å². The van der Waals surface area contributed by atoms with Gasteiger partial charge in [0.15, 0.2) is 0 Å². The quantitative estimate of drug-likeness (QED) is 0.631. The summed E-state index contributed by atoms with van der Waals surface area (Å²) in [6.45, 7) is 4.26. The molecule has 1 heterocycles. The Bertz CT molecular complexity index is 919. The van der Waals surface area contributed by atoms with Crippen LogP contribution in [0.1, 0.15) is 27.3 Å². The van der Waals surface area contributed by atoms with Gasteiger partial charge in [-0.25, -0.2) is 0 Å². The van der Waals surface area contributed by atoms with Gasteiger partial charge in [-0.15, -0.1) is 0 Å². The number of aryl methyl sites for hydroxylation is 1. The van der Waals surface area contributed by atoms with Gasteiger partial charge in [-0.05, 0) is 49.7 Å². The molecule has 0 spiro atoms. The summed E-state index contributed by atoms with van der Waals surface area (Å²) in [5.41, 5.74) is 3.81. The molecule has 0 radical (unpaired) electrons. The van der Waals surface area contributed by atoms with Gasteiger partial charge < -0.3 is 5.32 Å². The van der Waals surface area contributed by atoms with Crippen LogP contribution in [0.15, 0.2) is 53.0 Å². The molecule has 0 unspecified atom stereocenters. The summed E-state index contributed by atoms with van der Waals surface area (Å²) >= 11 is 9.62. The van der Waals surface area contributed by atoms with E-state index in [1.165, 1.54) is 0 Å². The van der Waals surface area contributed by atoms with E-state index in [0.717, 1.165) is 21.4 Å². The second-order valence-electron chi connectivity index (χ2n) is 5.76. The van der Waals surface area contributed by atoms with Crippen LogP contribution in [0.5, 0.6) is 0 Å². The largest absolute Gasteiger partial charge is 0.322 e. The molecule has 25 heavy (non-hydrogen) atoms. The van der Waals surface area contributed by atoms with Gasteiger partial charge >= 0.3 is 0 Å². The van der Waals surface area contributed by atoms with Crippen LogP contribution in [-0.4, -0.2) is 15.7 Å². The van der Waals surface area contributed by atoms with Gasteiger partial charge in [0.05, 0.1) is 17.8 Å². The molecule has 0 aliphatic heterocycles. The molecule has 1 amide bonds. The zero-order chi connectivity index (χ0) is 18.0. The summed E-state index contributed by atoms with van der Waals surface area (Å²) < 4.78 is 2.78. The summed E-state index contributed by atoms with van der Waals surface area (Å²) in [6, 6.07) is 15.1. The topological polar surface area (TPSA) is 46.9 Å². The van der Waals surface area contributed by atoms with Crippen molar-refractivity contribution >= 4 is 39.1 Å². The average Bonchev–Trinajstić information content (AvgIpc) is 2.86. The maximum Gasteiger partial charge on any atom is 0.259 e. The minimum atomic E-state index is -0.164. The minimum Gasteiger partial charge on any atom is -0.322 e. The molecule has 3 aromatic rings. The number of benzene rings is 2. The van der Waals surface area contributed by atoms with E-state index in [0.29, 0.717) is 22.8 Å². The van der Waals surface area contributed by atoms with E-state index in [9.17, 15) is 4.79 Å². The van der Waals surface area contributed by atoms with Gasteiger partial charge in [0.2, 0.25) is 0 Å². The fraction of sp³-hybridized carbons (Fsp3) is 0.158. The summed E-state index contributed by atoms with van der Waals surface area (Å²) in [5, 5.41) is 8.12. The lowest BCUT2D eigenvalue weighted by Gasteiger charge is -2.08. The lowest BCUT2D eigenvalue weighted by Crippen LogP contribution is -2.14. The first-order valence-corrected chi connectivity index (χ1v) is 8.97. The second kappa shape index (κ2) is 7.42. The number of carbonyl (C=O) groups excluding carboxylic acids is 1.